The van der Waals surface area contributed by atoms with Gasteiger partial charge in [-0.25, -0.2) is 27.0 Å². The maximum Gasteiger partial charge on any atom is 0.354 e. The number of carboxylic acids is 1. The van der Waals surface area contributed by atoms with Crippen LogP contribution in [0.2, 0.25) is 0 Å². The van der Waals surface area contributed by atoms with Gasteiger partial charge in [0.1, 0.15) is 17.3 Å². The summed E-state index contributed by atoms with van der Waals surface area (Å²) < 4.78 is 52.0. The predicted molar refractivity (Wildman–Crippen MR) is 68.4 cm³/mol. The summed E-state index contributed by atoms with van der Waals surface area (Å²) in [7, 11) is -4.21. The van der Waals surface area contributed by atoms with Gasteiger partial charge in [0, 0.05) is 6.07 Å². The molecule has 0 radical (unpaired) electrons. The molecule has 0 bridgehead atoms. The minimum Gasteiger partial charge on any atom is -0.477 e. The second-order valence-electron chi connectivity index (χ2n) is 3.95. The van der Waals surface area contributed by atoms with Gasteiger partial charge in [-0.15, -0.1) is 0 Å². The first-order valence-electron chi connectivity index (χ1n) is 5.46. The summed E-state index contributed by atoms with van der Waals surface area (Å²) in [5.74, 6) is -3.33. The Balaban J connectivity index is 2.30. The third kappa shape index (κ3) is 3.51. The van der Waals surface area contributed by atoms with Crippen LogP contribution in [0.15, 0.2) is 41.4 Å². The molecule has 0 spiro atoms. The number of pyridine rings is 1. The van der Waals surface area contributed by atoms with Crippen LogP contribution in [0.25, 0.3) is 0 Å². The number of nitrogens with zero attached hydrogens (tertiary/aromatic N) is 1. The van der Waals surface area contributed by atoms with Crippen molar-refractivity contribution in [3.8, 4) is 0 Å². The van der Waals surface area contributed by atoms with Crippen molar-refractivity contribution in [2.75, 3.05) is 4.72 Å². The fourth-order valence-electron chi connectivity index (χ4n) is 1.48. The number of sulfonamides is 1. The first kappa shape index (κ1) is 14.9. The summed E-state index contributed by atoms with van der Waals surface area (Å²) in [6.07, 6.45) is 0.983. The standard InChI is InChI=1S/C12H8F2N2O4S/c13-7-3-8(14)5-10(4-7)21(19,20)16-9-1-2-11(12(17)18)15-6-9/h1-6,16H,(H,17,18). The highest BCUT2D eigenvalue weighted by atomic mass is 32.2. The molecule has 1 aromatic heterocycles. The van der Waals surface area contributed by atoms with E-state index in [4.69, 9.17) is 5.11 Å². The highest BCUT2D eigenvalue weighted by Gasteiger charge is 2.17. The normalized spacial score (nSPS) is 11.1. The summed E-state index contributed by atoms with van der Waals surface area (Å²) in [5.41, 5.74) is -0.306. The van der Waals surface area contributed by atoms with Gasteiger partial charge in [-0.1, -0.05) is 0 Å². The molecule has 9 heteroatoms. The van der Waals surface area contributed by atoms with Crippen LogP contribution in [0, 0.1) is 11.6 Å². The quantitative estimate of drug-likeness (QED) is 0.898. The lowest BCUT2D eigenvalue weighted by atomic mass is 10.3. The van der Waals surface area contributed by atoms with Crippen LogP contribution < -0.4 is 4.72 Å². The van der Waals surface area contributed by atoms with Crippen LogP contribution in [-0.2, 0) is 10.0 Å². The second kappa shape index (κ2) is 5.44. The molecule has 0 saturated heterocycles. The van der Waals surface area contributed by atoms with Crippen molar-refractivity contribution in [3.05, 3.63) is 53.9 Å². The number of rotatable bonds is 4. The number of carboxylic acid groups (broad SMARTS) is 1. The van der Waals surface area contributed by atoms with E-state index in [1.165, 1.54) is 6.07 Å². The van der Waals surface area contributed by atoms with E-state index in [1.54, 1.807) is 0 Å². The zero-order valence-corrected chi connectivity index (χ0v) is 11.1. The minimum atomic E-state index is -4.21. The highest BCUT2D eigenvalue weighted by molar-refractivity contribution is 7.92. The molecular formula is C12H8F2N2O4S. The molecule has 0 aliphatic heterocycles. The summed E-state index contributed by atoms with van der Waals surface area (Å²) in [4.78, 5) is 13.5. The molecule has 0 aliphatic rings. The topological polar surface area (TPSA) is 96.4 Å². The fraction of sp³-hybridized carbons (Fsp3) is 0. The van der Waals surface area contributed by atoms with Gasteiger partial charge in [-0.2, -0.15) is 0 Å². The number of nitrogens with one attached hydrogen (secondary N) is 1. The third-order valence-electron chi connectivity index (χ3n) is 2.38. The number of anilines is 1. The average Bonchev–Trinajstić information content (AvgIpc) is 2.37. The Labute approximate surface area is 118 Å². The summed E-state index contributed by atoms with van der Waals surface area (Å²) >= 11 is 0. The molecule has 1 aromatic carbocycles. The van der Waals surface area contributed by atoms with Crippen LogP contribution in [0.3, 0.4) is 0 Å². The molecule has 1 heterocycles. The largest absolute Gasteiger partial charge is 0.477 e. The maximum absolute atomic E-state index is 13.0. The van der Waals surface area contributed by atoms with Crippen LogP contribution in [0.1, 0.15) is 10.5 Å². The predicted octanol–water partition coefficient (Wildman–Crippen LogP) is 1.86. The van der Waals surface area contributed by atoms with Gasteiger partial charge >= 0.3 is 5.97 Å². The number of benzene rings is 1. The van der Waals surface area contributed by atoms with E-state index in [0.717, 1.165) is 12.3 Å². The summed E-state index contributed by atoms with van der Waals surface area (Å²) in [6.45, 7) is 0. The zero-order chi connectivity index (χ0) is 15.6. The number of hydrogen-bond donors (Lipinski definition) is 2. The Hall–Kier alpha value is -2.55. The van der Waals surface area contributed by atoms with Gasteiger partial charge in [-0.3, -0.25) is 4.72 Å². The Kier molecular flexibility index (Phi) is 3.85. The first-order valence-corrected chi connectivity index (χ1v) is 6.94. The van der Waals surface area contributed by atoms with Gasteiger partial charge < -0.3 is 5.11 Å². The SMILES string of the molecule is O=C(O)c1ccc(NS(=O)(=O)c2cc(F)cc(F)c2)cn1. The van der Waals surface area contributed by atoms with Gasteiger partial charge in [-0.05, 0) is 24.3 Å². The lowest BCUT2D eigenvalue weighted by molar-refractivity contribution is 0.0690. The van der Waals surface area contributed by atoms with Crippen LogP contribution >= 0.6 is 0 Å². The summed E-state index contributed by atoms with van der Waals surface area (Å²) in [5, 5.41) is 8.66. The van der Waals surface area contributed by atoms with Gasteiger partial charge in [0.15, 0.2) is 0 Å². The minimum absolute atomic E-state index is 0.0373. The molecule has 0 aliphatic carbocycles. The lowest BCUT2D eigenvalue weighted by Gasteiger charge is -2.08. The number of carbonyl (C=O) groups is 1. The van der Waals surface area contributed by atoms with Crippen LogP contribution in [-0.4, -0.2) is 24.5 Å². The Morgan fingerprint density at radius 1 is 1.14 bits per heavy atom. The van der Waals surface area contributed by atoms with Crippen molar-refractivity contribution in [3.63, 3.8) is 0 Å². The van der Waals surface area contributed by atoms with Crippen molar-refractivity contribution in [2.45, 2.75) is 4.90 Å². The molecule has 0 atom stereocenters. The monoisotopic (exact) mass is 314 g/mol. The van der Waals surface area contributed by atoms with E-state index in [9.17, 15) is 22.0 Å². The number of aromatic nitrogens is 1. The molecular weight excluding hydrogens is 306 g/mol. The molecule has 2 aromatic rings. The molecule has 21 heavy (non-hydrogen) atoms. The Morgan fingerprint density at radius 2 is 1.76 bits per heavy atom. The third-order valence-corrected chi connectivity index (χ3v) is 3.74. The second-order valence-corrected chi connectivity index (χ2v) is 5.63. The van der Waals surface area contributed by atoms with E-state index in [2.05, 4.69) is 4.98 Å². The highest BCUT2D eigenvalue weighted by Crippen LogP contribution is 2.18. The van der Waals surface area contributed by atoms with E-state index in [-0.39, 0.29) is 11.4 Å². The van der Waals surface area contributed by atoms with Crippen molar-refractivity contribution in [2.24, 2.45) is 0 Å². The molecule has 2 N–H and O–H groups in total. The Bertz CT molecular complexity index is 771. The lowest BCUT2D eigenvalue weighted by Crippen LogP contribution is -2.14. The molecule has 0 unspecified atom stereocenters. The molecule has 0 fully saturated rings. The van der Waals surface area contributed by atoms with Gasteiger partial charge in [0.2, 0.25) is 0 Å². The molecule has 6 nitrogen and oxygen atoms in total. The molecule has 110 valence electrons. The first-order chi connectivity index (χ1) is 9.78. The summed E-state index contributed by atoms with van der Waals surface area (Å²) in [6, 6.07) is 4.12. The average molecular weight is 314 g/mol. The van der Waals surface area contributed by atoms with Crippen molar-refractivity contribution in [1.82, 2.24) is 4.98 Å². The number of halogens is 2. The van der Waals surface area contributed by atoms with Crippen molar-refractivity contribution < 1.29 is 27.1 Å². The van der Waals surface area contributed by atoms with E-state index in [0.29, 0.717) is 18.2 Å². The molecule has 0 amide bonds. The van der Waals surface area contributed by atoms with Crippen molar-refractivity contribution in [1.29, 1.82) is 0 Å². The number of aromatic carboxylic acids is 1. The van der Waals surface area contributed by atoms with E-state index < -0.39 is 32.5 Å². The number of hydrogen-bond acceptors (Lipinski definition) is 4. The van der Waals surface area contributed by atoms with Crippen LogP contribution in [0.4, 0.5) is 14.5 Å². The van der Waals surface area contributed by atoms with E-state index >= 15 is 0 Å². The van der Waals surface area contributed by atoms with Crippen molar-refractivity contribution >= 4 is 21.7 Å². The smallest absolute Gasteiger partial charge is 0.354 e. The Morgan fingerprint density at radius 3 is 2.24 bits per heavy atom. The van der Waals surface area contributed by atoms with E-state index in [1.807, 2.05) is 4.72 Å². The van der Waals surface area contributed by atoms with Crippen LogP contribution in [0.5, 0.6) is 0 Å². The maximum atomic E-state index is 13.0. The molecule has 0 saturated carbocycles. The fourth-order valence-corrected chi connectivity index (χ4v) is 2.56. The molecule has 2 rings (SSSR count). The van der Waals surface area contributed by atoms with Gasteiger partial charge in [0.05, 0.1) is 16.8 Å². The van der Waals surface area contributed by atoms with Gasteiger partial charge in [0.25, 0.3) is 10.0 Å². The zero-order valence-electron chi connectivity index (χ0n) is 10.2.